The van der Waals surface area contributed by atoms with Gasteiger partial charge in [-0.05, 0) is 18.4 Å². The summed E-state index contributed by atoms with van der Waals surface area (Å²) >= 11 is 0. The average Bonchev–Trinajstić information content (AvgIpc) is 2.91. The Morgan fingerprint density at radius 3 is 2.64 bits per heavy atom. The number of methoxy groups -OCH3 is 1. The number of nitrogens with one attached hydrogen (secondary N) is 1. The number of benzene rings is 1. The topological polar surface area (TPSA) is 53.9 Å². The summed E-state index contributed by atoms with van der Waals surface area (Å²) < 4.78 is 4.88. The van der Waals surface area contributed by atoms with E-state index in [0.717, 1.165) is 19.0 Å². The molecule has 0 saturated carbocycles. The van der Waals surface area contributed by atoms with Crippen LogP contribution in [-0.2, 0) is 16.1 Å². The number of rotatable bonds is 3. The van der Waals surface area contributed by atoms with Crippen LogP contribution in [0.2, 0.25) is 0 Å². The van der Waals surface area contributed by atoms with Crippen molar-refractivity contribution in [1.82, 2.24) is 10.2 Å². The Hall–Kier alpha value is -2.04. The van der Waals surface area contributed by atoms with Gasteiger partial charge in [-0.25, -0.2) is 0 Å². The summed E-state index contributed by atoms with van der Waals surface area (Å²) in [5.41, 5.74) is 2.46. The maximum atomic E-state index is 11.8. The summed E-state index contributed by atoms with van der Waals surface area (Å²) in [5, 5.41) is 3.37. The van der Waals surface area contributed by atoms with Crippen LogP contribution in [-0.4, -0.2) is 44.1 Å². The van der Waals surface area contributed by atoms with E-state index in [1.54, 1.807) is 7.05 Å². The van der Waals surface area contributed by atoms with Crippen LogP contribution in [0.25, 0.3) is 0 Å². The van der Waals surface area contributed by atoms with Crippen molar-refractivity contribution >= 4 is 11.9 Å². The summed E-state index contributed by atoms with van der Waals surface area (Å²) in [4.78, 5) is 18.2. The fraction of sp³-hybridized carbons (Fsp3) is 0.529. The van der Waals surface area contributed by atoms with Crippen molar-refractivity contribution in [3.05, 3.63) is 35.4 Å². The third-order valence-electron chi connectivity index (χ3n) is 4.20. The Morgan fingerprint density at radius 1 is 1.36 bits per heavy atom. The van der Waals surface area contributed by atoms with E-state index >= 15 is 0 Å². The number of carbonyl (C=O) groups excluding carboxylic acids is 1. The fourth-order valence-corrected chi connectivity index (χ4v) is 2.82. The highest BCUT2D eigenvalue weighted by Crippen LogP contribution is 2.24. The minimum atomic E-state index is -0.135. The average molecular weight is 303 g/mol. The maximum Gasteiger partial charge on any atom is 0.310 e. The van der Waals surface area contributed by atoms with Crippen molar-refractivity contribution in [2.24, 2.45) is 16.8 Å². The van der Waals surface area contributed by atoms with Gasteiger partial charge in [0.1, 0.15) is 0 Å². The van der Waals surface area contributed by atoms with Crippen molar-refractivity contribution < 1.29 is 9.53 Å². The molecule has 22 heavy (non-hydrogen) atoms. The molecule has 0 aromatic heterocycles. The second-order valence-electron chi connectivity index (χ2n) is 5.90. The zero-order valence-electron chi connectivity index (χ0n) is 13.8. The molecule has 5 nitrogen and oxygen atoms in total. The molecule has 0 amide bonds. The van der Waals surface area contributed by atoms with E-state index in [4.69, 9.17) is 4.74 Å². The van der Waals surface area contributed by atoms with Crippen molar-refractivity contribution in [3.63, 3.8) is 0 Å². The monoisotopic (exact) mass is 303 g/mol. The Kier molecular flexibility index (Phi) is 5.41. The molecule has 2 unspecified atom stereocenters. The van der Waals surface area contributed by atoms with Gasteiger partial charge in [0.2, 0.25) is 0 Å². The molecule has 1 aromatic rings. The first-order chi connectivity index (χ1) is 10.5. The molecule has 1 fully saturated rings. The molecule has 1 aromatic carbocycles. The number of hydrogen-bond acceptors (Lipinski definition) is 3. The van der Waals surface area contributed by atoms with E-state index < -0.39 is 0 Å². The van der Waals surface area contributed by atoms with Crippen molar-refractivity contribution in [2.45, 2.75) is 20.4 Å². The third kappa shape index (κ3) is 3.78. The number of aryl methyl sites for hydroxylation is 1. The van der Waals surface area contributed by atoms with Crippen LogP contribution in [0.15, 0.2) is 29.3 Å². The van der Waals surface area contributed by atoms with Gasteiger partial charge in [0.25, 0.3) is 0 Å². The number of nitrogens with zero attached hydrogens (tertiary/aromatic N) is 2. The van der Waals surface area contributed by atoms with E-state index in [2.05, 4.69) is 53.3 Å². The van der Waals surface area contributed by atoms with Gasteiger partial charge in [0, 0.05) is 26.7 Å². The largest absolute Gasteiger partial charge is 0.469 e. The van der Waals surface area contributed by atoms with Crippen molar-refractivity contribution in [1.29, 1.82) is 0 Å². The first-order valence-electron chi connectivity index (χ1n) is 7.64. The standard InChI is InChI=1S/C17H25N3O2/c1-12-5-7-14(8-6-12)9-19-17(18-3)20-10-13(2)15(11-20)16(21)22-4/h5-8,13,15H,9-11H2,1-4H3,(H,18,19). The molecule has 0 radical (unpaired) electrons. The molecule has 1 aliphatic rings. The zero-order valence-corrected chi connectivity index (χ0v) is 13.8. The Morgan fingerprint density at radius 2 is 2.05 bits per heavy atom. The molecule has 120 valence electrons. The van der Waals surface area contributed by atoms with Crippen molar-refractivity contribution in [2.75, 3.05) is 27.2 Å². The van der Waals surface area contributed by atoms with Gasteiger partial charge in [0.05, 0.1) is 13.0 Å². The minimum Gasteiger partial charge on any atom is -0.469 e. The van der Waals surface area contributed by atoms with Crippen LogP contribution >= 0.6 is 0 Å². The molecule has 1 saturated heterocycles. The zero-order chi connectivity index (χ0) is 16.1. The lowest BCUT2D eigenvalue weighted by atomic mass is 9.99. The smallest absolute Gasteiger partial charge is 0.310 e. The van der Waals surface area contributed by atoms with Crippen LogP contribution in [0.4, 0.5) is 0 Å². The lowest BCUT2D eigenvalue weighted by Crippen LogP contribution is -2.40. The van der Waals surface area contributed by atoms with E-state index in [1.165, 1.54) is 18.2 Å². The van der Waals surface area contributed by atoms with Gasteiger partial charge in [-0.3, -0.25) is 9.79 Å². The molecular weight excluding hydrogens is 278 g/mol. The molecule has 1 heterocycles. The predicted octanol–water partition coefficient (Wildman–Crippen LogP) is 1.81. The van der Waals surface area contributed by atoms with Crippen LogP contribution in [0.3, 0.4) is 0 Å². The number of carbonyl (C=O) groups is 1. The lowest BCUT2D eigenvalue weighted by Gasteiger charge is -2.21. The van der Waals surface area contributed by atoms with E-state index in [-0.39, 0.29) is 17.8 Å². The molecule has 5 heteroatoms. The molecule has 1 N–H and O–H groups in total. The van der Waals surface area contributed by atoms with Crippen LogP contribution in [0, 0.1) is 18.8 Å². The molecule has 0 aliphatic carbocycles. The Balaban J connectivity index is 1.95. The second kappa shape index (κ2) is 7.29. The molecular formula is C17H25N3O2. The number of esters is 1. The highest BCUT2D eigenvalue weighted by Gasteiger charge is 2.36. The highest BCUT2D eigenvalue weighted by molar-refractivity contribution is 5.82. The van der Waals surface area contributed by atoms with Crippen LogP contribution in [0.1, 0.15) is 18.1 Å². The predicted molar refractivity (Wildman–Crippen MR) is 87.6 cm³/mol. The normalized spacial score (nSPS) is 21.8. The van der Waals surface area contributed by atoms with E-state index in [0.29, 0.717) is 6.54 Å². The molecule has 2 atom stereocenters. The molecule has 0 spiro atoms. The first-order valence-corrected chi connectivity index (χ1v) is 7.64. The number of guanidine groups is 1. The molecule has 2 rings (SSSR count). The van der Waals surface area contributed by atoms with Gasteiger partial charge in [-0.1, -0.05) is 36.8 Å². The van der Waals surface area contributed by atoms with Gasteiger partial charge in [0.15, 0.2) is 5.96 Å². The number of likely N-dealkylation sites (tertiary alicyclic amines) is 1. The third-order valence-corrected chi connectivity index (χ3v) is 4.20. The summed E-state index contributed by atoms with van der Waals surface area (Å²) in [7, 11) is 3.22. The summed E-state index contributed by atoms with van der Waals surface area (Å²) in [6.45, 7) is 6.35. The lowest BCUT2D eigenvalue weighted by molar-refractivity contribution is -0.145. The Bertz CT molecular complexity index is 539. The number of ether oxygens (including phenoxy) is 1. The minimum absolute atomic E-state index is 0.0806. The van der Waals surface area contributed by atoms with Gasteiger partial charge < -0.3 is 15.0 Å². The first kappa shape index (κ1) is 16.3. The summed E-state index contributed by atoms with van der Waals surface area (Å²) in [5.74, 6) is 0.885. The van der Waals surface area contributed by atoms with Crippen LogP contribution in [0.5, 0.6) is 0 Å². The quantitative estimate of drug-likeness (QED) is 0.526. The maximum absolute atomic E-state index is 11.8. The number of aliphatic imine (C=N–C) groups is 1. The highest BCUT2D eigenvalue weighted by atomic mass is 16.5. The van der Waals surface area contributed by atoms with Crippen molar-refractivity contribution in [3.8, 4) is 0 Å². The Labute approximate surface area is 132 Å². The van der Waals surface area contributed by atoms with Gasteiger partial charge in [-0.15, -0.1) is 0 Å². The SMILES string of the molecule is CN=C(NCc1ccc(C)cc1)N1CC(C)C(C(=O)OC)C1. The second-order valence-corrected chi connectivity index (χ2v) is 5.90. The molecule has 0 bridgehead atoms. The van der Waals surface area contributed by atoms with E-state index in [1.807, 2.05) is 0 Å². The van der Waals surface area contributed by atoms with Crippen LogP contribution < -0.4 is 5.32 Å². The fourth-order valence-electron chi connectivity index (χ4n) is 2.82. The van der Waals surface area contributed by atoms with Gasteiger partial charge >= 0.3 is 5.97 Å². The summed E-state index contributed by atoms with van der Waals surface area (Å²) in [6, 6.07) is 8.43. The summed E-state index contributed by atoms with van der Waals surface area (Å²) in [6.07, 6.45) is 0. The van der Waals surface area contributed by atoms with Gasteiger partial charge in [-0.2, -0.15) is 0 Å². The molecule has 1 aliphatic heterocycles. The number of hydrogen-bond donors (Lipinski definition) is 1. The van der Waals surface area contributed by atoms with E-state index in [9.17, 15) is 4.79 Å².